The normalized spacial score (nSPS) is 12.9. The van der Waals surface area contributed by atoms with E-state index in [4.69, 9.17) is 4.74 Å². The molecule has 0 aliphatic rings. The van der Waals surface area contributed by atoms with Gasteiger partial charge in [-0.15, -0.1) is 0 Å². The average molecular weight is 249 g/mol. The smallest absolute Gasteiger partial charge is 0.0518 e. The maximum atomic E-state index is 5.66. The first-order valence-electron chi connectivity index (χ1n) is 7.08. The molecule has 0 spiro atoms. The van der Waals surface area contributed by atoms with Crippen molar-refractivity contribution in [2.24, 2.45) is 5.92 Å². The zero-order valence-corrected chi connectivity index (χ0v) is 12.0. The van der Waals surface area contributed by atoms with Crippen LogP contribution in [0, 0.1) is 5.92 Å². The van der Waals surface area contributed by atoms with E-state index in [0.717, 1.165) is 32.5 Å². The predicted octanol–water partition coefficient (Wildman–Crippen LogP) is 3.27. The van der Waals surface area contributed by atoms with Gasteiger partial charge in [-0.1, -0.05) is 37.3 Å². The SMILES string of the molecule is CCNCC(CCOC(C)C)Cc1ccccc1. The lowest BCUT2D eigenvalue weighted by Gasteiger charge is -2.18. The highest BCUT2D eigenvalue weighted by Gasteiger charge is 2.09. The summed E-state index contributed by atoms with van der Waals surface area (Å²) in [7, 11) is 0. The van der Waals surface area contributed by atoms with E-state index < -0.39 is 0 Å². The summed E-state index contributed by atoms with van der Waals surface area (Å²) in [6, 6.07) is 10.7. The summed E-state index contributed by atoms with van der Waals surface area (Å²) in [5.41, 5.74) is 1.42. The van der Waals surface area contributed by atoms with Gasteiger partial charge in [0.1, 0.15) is 0 Å². The minimum atomic E-state index is 0.335. The van der Waals surface area contributed by atoms with Crippen LogP contribution in [0.15, 0.2) is 30.3 Å². The summed E-state index contributed by atoms with van der Waals surface area (Å²) < 4.78 is 5.66. The van der Waals surface area contributed by atoms with Crippen LogP contribution in [-0.4, -0.2) is 25.8 Å². The molecule has 1 aromatic carbocycles. The number of hydrogen-bond donors (Lipinski definition) is 1. The zero-order valence-electron chi connectivity index (χ0n) is 12.0. The highest BCUT2D eigenvalue weighted by Crippen LogP contribution is 2.12. The Kier molecular flexibility index (Phi) is 7.70. The van der Waals surface area contributed by atoms with Gasteiger partial charge in [0, 0.05) is 6.61 Å². The topological polar surface area (TPSA) is 21.3 Å². The van der Waals surface area contributed by atoms with Gasteiger partial charge in [-0.2, -0.15) is 0 Å². The molecule has 102 valence electrons. The van der Waals surface area contributed by atoms with Crippen molar-refractivity contribution < 1.29 is 4.74 Å². The average Bonchev–Trinajstić information content (AvgIpc) is 2.36. The van der Waals surface area contributed by atoms with Gasteiger partial charge in [-0.25, -0.2) is 0 Å². The third kappa shape index (κ3) is 6.77. The van der Waals surface area contributed by atoms with Gasteiger partial charge in [0.05, 0.1) is 6.10 Å². The fourth-order valence-corrected chi connectivity index (χ4v) is 2.04. The first kappa shape index (κ1) is 15.2. The van der Waals surface area contributed by atoms with E-state index >= 15 is 0 Å². The van der Waals surface area contributed by atoms with Crippen LogP contribution in [0.5, 0.6) is 0 Å². The Morgan fingerprint density at radius 1 is 1.17 bits per heavy atom. The van der Waals surface area contributed by atoms with Gasteiger partial charge in [0.15, 0.2) is 0 Å². The van der Waals surface area contributed by atoms with Gasteiger partial charge < -0.3 is 10.1 Å². The van der Waals surface area contributed by atoms with Crippen molar-refractivity contribution in [1.82, 2.24) is 5.32 Å². The van der Waals surface area contributed by atoms with E-state index in [0.29, 0.717) is 12.0 Å². The number of hydrogen-bond acceptors (Lipinski definition) is 2. The minimum Gasteiger partial charge on any atom is -0.379 e. The van der Waals surface area contributed by atoms with Gasteiger partial charge in [0.2, 0.25) is 0 Å². The fraction of sp³-hybridized carbons (Fsp3) is 0.625. The van der Waals surface area contributed by atoms with Crippen molar-refractivity contribution in [2.75, 3.05) is 19.7 Å². The molecular weight excluding hydrogens is 222 g/mol. The van der Waals surface area contributed by atoms with Crippen LogP contribution < -0.4 is 5.32 Å². The van der Waals surface area contributed by atoms with Crippen LogP contribution in [0.1, 0.15) is 32.8 Å². The first-order chi connectivity index (χ1) is 8.72. The molecule has 2 heteroatoms. The van der Waals surface area contributed by atoms with E-state index in [2.05, 4.69) is 56.4 Å². The minimum absolute atomic E-state index is 0.335. The molecule has 1 atom stereocenters. The quantitative estimate of drug-likeness (QED) is 0.725. The molecule has 0 aliphatic carbocycles. The van der Waals surface area contributed by atoms with Crippen LogP contribution in [0.4, 0.5) is 0 Å². The Morgan fingerprint density at radius 2 is 1.89 bits per heavy atom. The molecule has 18 heavy (non-hydrogen) atoms. The molecule has 0 radical (unpaired) electrons. The third-order valence-corrected chi connectivity index (χ3v) is 3.03. The second-order valence-electron chi connectivity index (χ2n) is 5.07. The van der Waals surface area contributed by atoms with Crippen LogP contribution >= 0.6 is 0 Å². The molecule has 0 heterocycles. The molecule has 2 nitrogen and oxygen atoms in total. The fourth-order valence-electron chi connectivity index (χ4n) is 2.04. The monoisotopic (exact) mass is 249 g/mol. The Labute approximate surface area is 112 Å². The van der Waals surface area contributed by atoms with Crippen molar-refractivity contribution >= 4 is 0 Å². The van der Waals surface area contributed by atoms with E-state index in [-0.39, 0.29) is 0 Å². The molecule has 1 aromatic rings. The molecule has 0 aromatic heterocycles. The van der Waals surface area contributed by atoms with Crippen LogP contribution in [-0.2, 0) is 11.2 Å². The summed E-state index contributed by atoms with van der Waals surface area (Å²) in [6.07, 6.45) is 2.59. The molecule has 1 unspecified atom stereocenters. The van der Waals surface area contributed by atoms with Crippen LogP contribution in [0.3, 0.4) is 0 Å². The molecule has 0 amide bonds. The maximum absolute atomic E-state index is 5.66. The van der Waals surface area contributed by atoms with E-state index in [9.17, 15) is 0 Å². The second-order valence-corrected chi connectivity index (χ2v) is 5.07. The van der Waals surface area contributed by atoms with Crippen molar-refractivity contribution in [3.63, 3.8) is 0 Å². The zero-order chi connectivity index (χ0) is 13.2. The van der Waals surface area contributed by atoms with Gasteiger partial charge in [-0.3, -0.25) is 0 Å². The van der Waals surface area contributed by atoms with Crippen molar-refractivity contribution in [3.8, 4) is 0 Å². The van der Waals surface area contributed by atoms with E-state index in [1.165, 1.54) is 5.56 Å². The molecule has 0 bridgehead atoms. The van der Waals surface area contributed by atoms with Crippen molar-refractivity contribution in [1.29, 1.82) is 0 Å². The van der Waals surface area contributed by atoms with Crippen molar-refractivity contribution in [2.45, 2.75) is 39.7 Å². The third-order valence-electron chi connectivity index (χ3n) is 3.03. The second kappa shape index (κ2) is 9.12. The Hall–Kier alpha value is -0.860. The van der Waals surface area contributed by atoms with Crippen molar-refractivity contribution in [3.05, 3.63) is 35.9 Å². The number of rotatable bonds is 9. The summed E-state index contributed by atoms with van der Waals surface area (Å²) in [4.78, 5) is 0. The summed E-state index contributed by atoms with van der Waals surface area (Å²) in [6.45, 7) is 9.32. The summed E-state index contributed by atoms with van der Waals surface area (Å²) >= 11 is 0. The number of nitrogens with one attached hydrogen (secondary N) is 1. The molecule has 0 saturated heterocycles. The van der Waals surface area contributed by atoms with Crippen LogP contribution in [0.2, 0.25) is 0 Å². The maximum Gasteiger partial charge on any atom is 0.0518 e. The highest BCUT2D eigenvalue weighted by molar-refractivity contribution is 5.15. The van der Waals surface area contributed by atoms with Crippen LogP contribution in [0.25, 0.3) is 0 Å². The summed E-state index contributed by atoms with van der Waals surface area (Å²) in [5, 5.41) is 3.45. The molecule has 0 saturated carbocycles. The lowest BCUT2D eigenvalue weighted by Crippen LogP contribution is -2.25. The lowest BCUT2D eigenvalue weighted by molar-refractivity contribution is 0.0683. The number of benzene rings is 1. The molecule has 1 rings (SSSR count). The van der Waals surface area contributed by atoms with Gasteiger partial charge in [0.25, 0.3) is 0 Å². The largest absolute Gasteiger partial charge is 0.379 e. The molecule has 1 N–H and O–H groups in total. The molecule has 0 fully saturated rings. The van der Waals surface area contributed by atoms with E-state index in [1.807, 2.05) is 0 Å². The summed E-state index contributed by atoms with van der Waals surface area (Å²) in [5.74, 6) is 0.658. The standard InChI is InChI=1S/C16H27NO/c1-4-17-13-16(10-11-18-14(2)3)12-15-8-6-5-7-9-15/h5-9,14,16-17H,4,10-13H2,1-3H3. The highest BCUT2D eigenvalue weighted by atomic mass is 16.5. The number of ether oxygens (including phenoxy) is 1. The lowest BCUT2D eigenvalue weighted by atomic mass is 9.96. The van der Waals surface area contributed by atoms with Gasteiger partial charge >= 0.3 is 0 Å². The first-order valence-corrected chi connectivity index (χ1v) is 7.08. The Morgan fingerprint density at radius 3 is 2.50 bits per heavy atom. The predicted molar refractivity (Wildman–Crippen MR) is 77.9 cm³/mol. The Bertz CT molecular complexity index is 297. The molecule has 0 aliphatic heterocycles. The van der Waals surface area contributed by atoms with Gasteiger partial charge in [-0.05, 0) is 51.3 Å². The van der Waals surface area contributed by atoms with E-state index in [1.54, 1.807) is 0 Å². The molecular formula is C16H27NO. The Balaban J connectivity index is 2.39.